The van der Waals surface area contributed by atoms with Crippen LogP contribution in [0, 0.1) is 0 Å². The molecule has 2 heterocycles. The van der Waals surface area contributed by atoms with Crippen LogP contribution in [0.2, 0.25) is 0 Å². The van der Waals surface area contributed by atoms with Crippen molar-refractivity contribution < 1.29 is 9.47 Å². The van der Waals surface area contributed by atoms with E-state index in [0.717, 1.165) is 6.61 Å². The molecule has 0 saturated carbocycles. The second-order valence-corrected chi connectivity index (χ2v) is 4.28. The van der Waals surface area contributed by atoms with Crippen LogP contribution in [0.3, 0.4) is 0 Å². The van der Waals surface area contributed by atoms with Gasteiger partial charge in [-0.05, 0) is 39.5 Å². The van der Waals surface area contributed by atoms with Crippen LogP contribution in [-0.4, -0.2) is 24.4 Å². The van der Waals surface area contributed by atoms with Gasteiger partial charge in [0.1, 0.15) is 0 Å². The maximum atomic E-state index is 5.91. The highest BCUT2D eigenvalue weighted by Gasteiger charge is 2.43. The van der Waals surface area contributed by atoms with Crippen molar-refractivity contribution in [3.63, 3.8) is 0 Å². The number of ether oxygens (including phenoxy) is 2. The molecule has 2 rings (SSSR count). The number of rotatable bonds is 1. The molecule has 0 radical (unpaired) electrons. The fourth-order valence-electron chi connectivity index (χ4n) is 2.36. The van der Waals surface area contributed by atoms with Gasteiger partial charge in [0, 0.05) is 6.61 Å². The van der Waals surface area contributed by atoms with E-state index in [2.05, 4.69) is 13.8 Å². The fourth-order valence-corrected chi connectivity index (χ4v) is 2.36. The van der Waals surface area contributed by atoms with Crippen LogP contribution in [0.4, 0.5) is 0 Å². The van der Waals surface area contributed by atoms with Gasteiger partial charge < -0.3 is 9.47 Å². The maximum Gasteiger partial charge on any atom is 0.0919 e. The molecule has 0 aromatic rings. The van der Waals surface area contributed by atoms with E-state index in [4.69, 9.17) is 9.47 Å². The molecule has 3 atom stereocenters. The summed E-state index contributed by atoms with van der Waals surface area (Å²) in [6.45, 7) is 5.28. The average molecular weight is 170 g/mol. The van der Waals surface area contributed by atoms with Gasteiger partial charge in [-0.2, -0.15) is 0 Å². The third-order valence-corrected chi connectivity index (χ3v) is 3.13. The molecule has 0 aromatic carbocycles. The van der Waals surface area contributed by atoms with Gasteiger partial charge in [0.2, 0.25) is 0 Å². The fraction of sp³-hybridized carbons (Fsp3) is 1.00. The molecular formula is C10H18O2. The monoisotopic (exact) mass is 170 g/mol. The first-order valence-corrected chi connectivity index (χ1v) is 5.00. The van der Waals surface area contributed by atoms with Crippen molar-refractivity contribution in [2.24, 2.45) is 0 Å². The van der Waals surface area contributed by atoms with Crippen molar-refractivity contribution in [2.45, 2.75) is 57.3 Å². The molecule has 0 N–H and O–H groups in total. The SMILES string of the molecule is CC1CCC(C)(C2CCCO2)O1. The summed E-state index contributed by atoms with van der Waals surface area (Å²) in [5.74, 6) is 0. The molecule has 2 saturated heterocycles. The summed E-state index contributed by atoms with van der Waals surface area (Å²) in [5, 5.41) is 0. The van der Waals surface area contributed by atoms with E-state index in [-0.39, 0.29) is 5.60 Å². The van der Waals surface area contributed by atoms with Gasteiger partial charge in [-0.3, -0.25) is 0 Å². The summed E-state index contributed by atoms with van der Waals surface area (Å²) in [6.07, 6.45) is 5.54. The Morgan fingerprint density at radius 1 is 1.33 bits per heavy atom. The van der Waals surface area contributed by atoms with Crippen molar-refractivity contribution in [1.82, 2.24) is 0 Å². The van der Waals surface area contributed by atoms with Crippen molar-refractivity contribution in [1.29, 1.82) is 0 Å². The normalized spacial score (nSPS) is 48.5. The van der Waals surface area contributed by atoms with E-state index >= 15 is 0 Å². The molecule has 2 heteroatoms. The molecule has 70 valence electrons. The average Bonchev–Trinajstić information content (AvgIpc) is 2.59. The Balaban J connectivity index is 2.00. The van der Waals surface area contributed by atoms with Crippen molar-refractivity contribution in [2.75, 3.05) is 6.61 Å². The van der Waals surface area contributed by atoms with Gasteiger partial charge >= 0.3 is 0 Å². The molecule has 12 heavy (non-hydrogen) atoms. The minimum atomic E-state index is 0.0237. The second kappa shape index (κ2) is 3.00. The summed E-state index contributed by atoms with van der Waals surface area (Å²) in [4.78, 5) is 0. The van der Waals surface area contributed by atoms with E-state index in [0.29, 0.717) is 12.2 Å². The van der Waals surface area contributed by atoms with Crippen LogP contribution < -0.4 is 0 Å². The third-order valence-electron chi connectivity index (χ3n) is 3.13. The lowest BCUT2D eigenvalue weighted by Gasteiger charge is -2.30. The zero-order valence-corrected chi connectivity index (χ0v) is 8.01. The molecule has 2 fully saturated rings. The Kier molecular flexibility index (Phi) is 2.13. The molecule has 0 bridgehead atoms. The maximum absolute atomic E-state index is 5.91. The molecule has 0 aromatic heterocycles. The predicted molar refractivity (Wildman–Crippen MR) is 47.2 cm³/mol. The van der Waals surface area contributed by atoms with Gasteiger partial charge in [-0.25, -0.2) is 0 Å². The Labute approximate surface area is 74.2 Å². The summed E-state index contributed by atoms with van der Waals surface area (Å²) >= 11 is 0. The van der Waals surface area contributed by atoms with Crippen molar-refractivity contribution in [3.8, 4) is 0 Å². The van der Waals surface area contributed by atoms with Gasteiger partial charge in [-0.1, -0.05) is 0 Å². The Hall–Kier alpha value is -0.0800. The molecule has 0 amide bonds. The third kappa shape index (κ3) is 1.38. The first kappa shape index (κ1) is 8.52. The second-order valence-electron chi connectivity index (χ2n) is 4.28. The van der Waals surface area contributed by atoms with E-state index in [1.165, 1.54) is 25.7 Å². The molecule has 0 spiro atoms. The molecule has 2 aliphatic rings. The van der Waals surface area contributed by atoms with Crippen LogP contribution in [0.25, 0.3) is 0 Å². The lowest BCUT2D eigenvalue weighted by molar-refractivity contribution is -0.107. The zero-order chi connectivity index (χ0) is 8.60. The van der Waals surface area contributed by atoms with Crippen LogP contribution in [0.5, 0.6) is 0 Å². The van der Waals surface area contributed by atoms with E-state index < -0.39 is 0 Å². The van der Waals surface area contributed by atoms with E-state index in [1.54, 1.807) is 0 Å². The van der Waals surface area contributed by atoms with E-state index in [1.807, 2.05) is 0 Å². The number of hydrogen-bond donors (Lipinski definition) is 0. The van der Waals surface area contributed by atoms with Gasteiger partial charge in [0.05, 0.1) is 17.8 Å². The van der Waals surface area contributed by atoms with E-state index in [9.17, 15) is 0 Å². The van der Waals surface area contributed by atoms with Crippen molar-refractivity contribution >= 4 is 0 Å². The Morgan fingerprint density at radius 3 is 2.67 bits per heavy atom. The minimum Gasteiger partial charge on any atom is -0.375 e. The summed E-state index contributed by atoms with van der Waals surface area (Å²) in [6, 6.07) is 0. The lowest BCUT2D eigenvalue weighted by Crippen LogP contribution is -2.38. The smallest absolute Gasteiger partial charge is 0.0919 e. The highest BCUT2D eigenvalue weighted by Crippen LogP contribution is 2.37. The van der Waals surface area contributed by atoms with Crippen molar-refractivity contribution in [3.05, 3.63) is 0 Å². The first-order valence-electron chi connectivity index (χ1n) is 5.00. The largest absolute Gasteiger partial charge is 0.375 e. The quantitative estimate of drug-likeness (QED) is 0.600. The summed E-state index contributed by atoms with van der Waals surface area (Å²) in [7, 11) is 0. The van der Waals surface area contributed by atoms with Gasteiger partial charge in [-0.15, -0.1) is 0 Å². The van der Waals surface area contributed by atoms with Gasteiger partial charge in [0.15, 0.2) is 0 Å². The minimum absolute atomic E-state index is 0.0237. The van der Waals surface area contributed by atoms with Crippen LogP contribution >= 0.6 is 0 Å². The molecule has 0 aliphatic carbocycles. The highest BCUT2D eigenvalue weighted by atomic mass is 16.6. The van der Waals surface area contributed by atoms with Crippen LogP contribution in [0.15, 0.2) is 0 Å². The highest BCUT2D eigenvalue weighted by molar-refractivity contribution is 4.92. The first-order chi connectivity index (χ1) is 5.71. The topological polar surface area (TPSA) is 18.5 Å². The molecular weight excluding hydrogens is 152 g/mol. The predicted octanol–water partition coefficient (Wildman–Crippen LogP) is 2.12. The Bertz CT molecular complexity index is 163. The summed E-state index contributed by atoms with van der Waals surface area (Å²) in [5.41, 5.74) is 0.0237. The van der Waals surface area contributed by atoms with Crippen LogP contribution in [0.1, 0.15) is 39.5 Å². The molecule has 2 nitrogen and oxygen atoms in total. The zero-order valence-electron chi connectivity index (χ0n) is 8.01. The van der Waals surface area contributed by atoms with Gasteiger partial charge in [0.25, 0.3) is 0 Å². The molecule has 2 aliphatic heterocycles. The molecule has 3 unspecified atom stereocenters. The van der Waals surface area contributed by atoms with Crippen LogP contribution in [-0.2, 0) is 9.47 Å². The lowest BCUT2D eigenvalue weighted by atomic mass is 9.93. The standard InChI is InChI=1S/C10H18O2/c1-8-5-6-10(2,12-8)9-4-3-7-11-9/h8-9H,3-7H2,1-2H3. The number of hydrogen-bond acceptors (Lipinski definition) is 2. The summed E-state index contributed by atoms with van der Waals surface area (Å²) < 4.78 is 11.6. The Morgan fingerprint density at radius 2 is 2.17 bits per heavy atom.